The second-order valence-corrected chi connectivity index (χ2v) is 4.27. The molecule has 0 aliphatic carbocycles. The fourth-order valence-corrected chi connectivity index (χ4v) is 1.96. The van der Waals surface area contributed by atoms with Crippen LogP contribution in [0.3, 0.4) is 0 Å². The molecule has 3 heterocycles. The van der Waals surface area contributed by atoms with E-state index in [1.807, 2.05) is 0 Å². The molecule has 7 heteroatoms. The minimum atomic E-state index is -0.101. The van der Waals surface area contributed by atoms with Crippen LogP contribution in [0.4, 0.5) is 0 Å². The van der Waals surface area contributed by atoms with Crippen molar-refractivity contribution in [2.45, 2.75) is 12.2 Å². The predicted molar refractivity (Wildman–Crippen MR) is 47.7 cm³/mol. The number of hydrogen-bond donors (Lipinski definition) is 1. The molecule has 0 radical (unpaired) electrons. The molecule has 15 heavy (non-hydrogen) atoms. The van der Waals surface area contributed by atoms with Gasteiger partial charge in [-0.1, -0.05) is 0 Å². The monoisotopic (exact) mass is 215 g/mol. The maximum Gasteiger partial charge on any atom is 0.348 e. The van der Waals surface area contributed by atoms with Crippen LogP contribution in [0.15, 0.2) is 0 Å². The molecule has 2 atom stereocenters. The first-order chi connectivity index (χ1) is 7.18. The van der Waals surface area contributed by atoms with Gasteiger partial charge >= 0.3 is 5.91 Å². The van der Waals surface area contributed by atoms with Crippen molar-refractivity contribution in [2.24, 2.45) is 0 Å². The molecule has 3 aliphatic heterocycles. The van der Waals surface area contributed by atoms with Gasteiger partial charge in [-0.05, 0) is 0 Å². The first-order valence-electron chi connectivity index (χ1n) is 5.04. The number of nitrogens with one attached hydrogen (secondary N) is 1. The van der Waals surface area contributed by atoms with Gasteiger partial charge in [0.15, 0.2) is 0 Å². The van der Waals surface area contributed by atoms with Gasteiger partial charge in [0.05, 0.1) is 13.2 Å². The quantitative estimate of drug-likeness (QED) is 0.447. The fraction of sp³-hybridized carbons (Fsp3) is 0.875. The molecular weight excluding hydrogens is 202 g/mol. The Labute approximate surface area is 86.6 Å². The van der Waals surface area contributed by atoms with Gasteiger partial charge in [0.2, 0.25) is 0 Å². The van der Waals surface area contributed by atoms with Crippen molar-refractivity contribution in [1.29, 1.82) is 0 Å². The summed E-state index contributed by atoms with van der Waals surface area (Å²) in [5.74, 6) is -0.101. The third-order valence-electron chi connectivity index (χ3n) is 2.89. The van der Waals surface area contributed by atoms with E-state index in [1.165, 1.54) is 0 Å². The molecule has 0 aromatic heterocycles. The highest BCUT2D eigenvalue weighted by Crippen LogP contribution is 2.24. The van der Waals surface area contributed by atoms with Crippen LogP contribution in [0.1, 0.15) is 0 Å². The van der Waals surface area contributed by atoms with Crippen LogP contribution in [-0.2, 0) is 14.3 Å². The lowest BCUT2D eigenvalue weighted by atomic mass is 10.3. The highest BCUT2D eigenvalue weighted by Gasteiger charge is 2.51. The second-order valence-electron chi connectivity index (χ2n) is 4.27. The molecule has 3 fully saturated rings. The van der Waals surface area contributed by atoms with Crippen LogP contribution in [0, 0.1) is 5.21 Å². The number of carbonyl (C=O) groups is 1. The van der Waals surface area contributed by atoms with E-state index in [0.29, 0.717) is 31.5 Å². The number of hydroxylamine groups is 1. The minimum Gasteiger partial charge on any atom is -0.767 e. The third kappa shape index (κ3) is 1.89. The Morgan fingerprint density at radius 1 is 1.40 bits per heavy atom. The molecule has 0 spiro atoms. The standard InChI is InChI=1S/C8H13N3O4/c12-8-1-10(13)9-11(8,2-6-4-14-6)3-7-5-15-7/h6-7,9H,1-5H2. The van der Waals surface area contributed by atoms with E-state index < -0.39 is 0 Å². The van der Waals surface area contributed by atoms with Gasteiger partial charge in [0.1, 0.15) is 31.8 Å². The van der Waals surface area contributed by atoms with Gasteiger partial charge < -0.3 is 14.7 Å². The summed E-state index contributed by atoms with van der Waals surface area (Å²) in [7, 11) is 0. The number of rotatable bonds is 4. The van der Waals surface area contributed by atoms with Crippen LogP contribution >= 0.6 is 0 Å². The highest BCUT2D eigenvalue weighted by atomic mass is 16.6. The average molecular weight is 215 g/mol. The van der Waals surface area contributed by atoms with Crippen molar-refractivity contribution in [1.82, 2.24) is 10.7 Å². The molecule has 3 aliphatic rings. The van der Waals surface area contributed by atoms with Gasteiger partial charge in [0.25, 0.3) is 0 Å². The Morgan fingerprint density at radius 2 is 1.93 bits per heavy atom. The Bertz CT molecular complexity index is 276. The zero-order valence-corrected chi connectivity index (χ0v) is 8.22. The van der Waals surface area contributed by atoms with E-state index in [9.17, 15) is 10.0 Å². The van der Waals surface area contributed by atoms with E-state index in [1.54, 1.807) is 0 Å². The molecule has 2 unspecified atom stereocenters. The first kappa shape index (κ1) is 9.64. The summed E-state index contributed by atoms with van der Waals surface area (Å²) in [4.78, 5) is 11.8. The SMILES string of the molecule is O=C1CN([O-])N[N+]1(CC1CO1)CC1CO1. The maximum atomic E-state index is 11.8. The summed E-state index contributed by atoms with van der Waals surface area (Å²) >= 11 is 0. The lowest BCUT2D eigenvalue weighted by Crippen LogP contribution is -2.61. The molecule has 0 saturated carbocycles. The molecule has 1 amide bonds. The first-order valence-corrected chi connectivity index (χ1v) is 5.04. The van der Waals surface area contributed by atoms with Crippen molar-refractivity contribution in [2.75, 3.05) is 32.8 Å². The van der Waals surface area contributed by atoms with Crippen molar-refractivity contribution < 1.29 is 18.9 Å². The summed E-state index contributed by atoms with van der Waals surface area (Å²) < 4.78 is 10.2. The van der Waals surface area contributed by atoms with E-state index in [4.69, 9.17) is 9.47 Å². The van der Waals surface area contributed by atoms with E-state index >= 15 is 0 Å². The number of hydrazine groups is 1. The molecule has 1 N–H and O–H groups in total. The van der Waals surface area contributed by atoms with E-state index in [2.05, 4.69) is 5.53 Å². The van der Waals surface area contributed by atoms with Crippen molar-refractivity contribution >= 4 is 5.91 Å². The number of quaternary nitrogens is 1. The third-order valence-corrected chi connectivity index (χ3v) is 2.89. The fourth-order valence-electron chi connectivity index (χ4n) is 1.96. The maximum absolute atomic E-state index is 11.8. The summed E-state index contributed by atoms with van der Waals surface area (Å²) in [5, 5.41) is 11.8. The molecule has 7 nitrogen and oxygen atoms in total. The van der Waals surface area contributed by atoms with Crippen LogP contribution in [0.5, 0.6) is 0 Å². The Morgan fingerprint density at radius 3 is 2.27 bits per heavy atom. The number of epoxide rings is 2. The number of amides is 1. The van der Waals surface area contributed by atoms with Crippen molar-refractivity contribution in [3.8, 4) is 0 Å². The number of carbonyl (C=O) groups excluding carboxylic acids is 1. The van der Waals surface area contributed by atoms with E-state index in [-0.39, 0.29) is 29.3 Å². The average Bonchev–Trinajstić information content (AvgIpc) is 2.99. The lowest BCUT2D eigenvalue weighted by molar-refractivity contribution is -0.901. The number of nitrogens with zero attached hydrogens (tertiary/aromatic N) is 2. The van der Waals surface area contributed by atoms with Gasteiger partial charge in [-0.25, -0.2) is 4.79 Å². The molecule has 0 aromatic rings. The summed E-state index contributed by atoms with van der Waals surface area (Å²) in [6.07, 6.45) is 0.207. The van der Waals surface area contributed by atoms with Gasteiger partial charge in [-0.3, -0.25) is 5.17 Å². The second kappa shape index (κ2) is 3.21. The summed E-state index contributed by atoms with van der Waals surface area (Å²) in [6, 6.07) is 0. The van der Waals surface area contributed by atoms with Crippen molar-refractivity contribution in [3.63, 3.8) is 0 Å². The Hall–Kier alpha value is -0.570. The van der Waals surface area contributed by atoms with Crippen LogP contribution < -0.4 is 5.53 Å². The van der Waals surface area contributed by atoms with Crippen molar-refractivity contribution in [3.05, 3.63) is 5.21 Å². The molecule has 3 rings (SSSR count). The van der Waals surface area contributed by atoms with Gasteiger partial charge in [0, 0.05) is 0 Å². The van der Waals surface area contributed by atoms with Gasteiger partial charge in [-0.15, -0.1) is 5.53 Å². The Balaban J connectivity index is 1.74. The van der Waals surface area contributed by atoms with E-state index in [0.717, 1.165) is 0 Å². The number of hydrogen-bond acceptors (Lipinski definition) is 6. The van der Waals surface area contributed by atoms with Crippen LogP contribution in [0.2, 0.25) is 0 Å². The lowest BCUT2D eigenvalue weighted by Gasteiger charge is -2.31. The summed E-state index contributed by atoms with van der Waals surface area (Å²) in [6.45, 7) is 2.31. The summed E-state index contributed by atoms with van der Waals surface area (Å²) in [5.41, 5.74) is 2.67. The van der Waals surface area contributed by atoms with Crippen LogP contribution in [-0.4, -0.2) is 60.7 Å². The molecule has 84 valence electrons. The minimum absolute atomic E-state index is 0.0150. The van der Waals surface area contributed by atoms with Gasteiger partial charge in [-0.2, -0.15) is 4.59 Å². The molecule has 0 aromatic carbocycles. The largest absolute Gasteiger partial charge is 0.767 e. The predicted octanol–water partition coefficient (Wildman–Crippen LogP) is -1.64. The zero-order valence-electron chi connectivity index (χ0n) is 8.22. The van der Waals surface area contributed by atoms with Crippen LogP contribution in [0.25, 0.3) is 0 Å². The highest BCUT2D eigenvalue weighted by molar-refractivity contribution is 5.72. The molecular formula is C8H13N3O4. The topological polar surface area (TPSA) is 80.5 Å². The number of ether oxygens (including phenoxy) is 2. The molecule has 0 bridgehead atoms. The molecule has 3 saturated heterocycles. The smallest absolute Gasteiger partial charge is 0.348 e. The zero-order chi connectivity index (χ0) is 10.5. The normalized spacial score (nSPS) is 44.7. The Kier molecular flexibility index (Phi) is 2.06.